The second-order valence-corrected chi connectivity index (χ2v) is 4.94. The largest absolute Gasteiger partial charge is 0.345 e. The molecule has 0 spiro atoms. The minimum Gasteiger partial charge on any atom is -0.345 e. The molecule has 2 aromatic rings. The third-order valence-corrected chi connectivity index (χ3v) is 3.27. The Kier molecular flexibility index (Phi) is 4.55. The van der Waals surface area contributed by atoms with Gasteiger partial charge >= 0.3 is 0 Å². The van der Waals surface area contributed by atoms with Crippen molar-refractivity contribution < 1.29 is 9.18 Å². The van der Waals surface area contributed by atoms with Gasteiger partial charge in [-0.1, -0.05) is 18.2 Å². The standard InChI is InChI=1S/C16H18FN3O/c1-10-6-7-14(15(8-10)20-18)16(21)19-11(2)12-4-3-5-13(17)9-12/h3-9,11,20H,18H2,1-2H3,(H,19,21). The topological polar surface area (TPSA) is 67.2 Å². The van der Waals surface area contributed by atoms with E-state index in [1.165, 1.54) is 12.1 Å². The molecule has 0 saturated carbocycles. The summed E-state index contributed by atoms with van der Waals surface area (Å²) in [5, 5.41) is 2.83. The number of nitrogens with two attached hydrogens (primary N) is 1. The van der Waals surface area contributed by atoms with E-state index in [-0.39, 0.29) is 17.8 Å². The van der Waals surface area contributed by atoms with Gasteiger partial charge in [-0.3, -0.25) is 10.6 Å². The van der Waals surface area contributed by atoms with Gasteiger partial charge in [0.05, 0.1) is 17.3 Å². The molecule has 5 heteroatoms. The number of amides is 1. The normalized spacial score (nSPS) is 11.8. The zero-order chi connectivity index (χ0) is 15.4. The van der Waals surface area contributed by atoms with Gasteiger partial charge in [-0.05, 0) is 49.2 Å². The van der Waals surface area contributed by atoms with E-state index in [2.05, 4.69) is 10.7 Å². The first-order valence-electron chi connectivity index (χ1n) is 6.65. The van der Waals surface area contributed by atoms with Crippen molar-refractivity contribution in [3.8, 4) is 0 Å². The van der Waals surface area contributed by atoms with Gasteiger partial charge in [-0.25, -0.2) is 4.39 Å². The molecule has 0 radical (unpaired) electrons. The van der Waals surface area contributed by atoms with Crippen molar-refractivity contribution in [2.45, 2.75) is 19.9 Å². The Morgan fingerprint density at radius 1 is 1.24 bits per heavy atom. The Labute approximate surface area is 123 Å². The molecule has 21 heavy (non-hydrogen) atoms. The monoisotopic (exact) mass is 287 g/mol. The number of nitrogens with one attached hydrogen (secondary N) is 2. The van der Waals surface area contributed by atoms with Crippen molar-refractivity contribution in [2.75, 3.05) is 5.43 Å². The third-order valence-electron chi connectivity index (χ3n) is 3.27. The number of hydrogen-bond acceptors (Lipinski definition) is 3. The maximum Gasteiger partial charge on any atom is 0.253 e. The fourth-order valence-corrected chi connectivity index (χ4v) is 2.11. The smallest absolute Gasteiger partial charge is 0.253 e. The van der Waals surface area contributed by atoms with Crippen LogP contribution < -0.4 is 16.6 Å². The number of rotatable bonds is 4. The highest BCUT2D eigenvalue weighted by molar-refractivity contribution is 5.99. The van der Waals surface area contributed by atoms with Crippen LogP contribution in [-0.4, -0.2) is 5.91 Å². The Bertz CT molecular complexity index is 658. The molecule has 1 amide bonds. The lowest BCUT2D eigenvalue weighted by molar-refractivity contribution is 0.0940. The molecular weight excluding hydrogens is 269 g/mol. The summed E-state index contributed by atoms with van der Waals surface area (Å²) in [4.78, 5) is 12.3. The fraction of sp³-hybridized carbons (Fsp3) is 0.188. The zero-order valence-electron chi connectivity index (χ0n) is 12.0. The highest BCUT2D eigenvalue weighted by Crippen LogP contribution is 2.19. The summed E-state index contributed by atoms with van der Waals surface area (Å²) in [5.74, 6) is 4.85. The summed E-state index contributed by atoms with van der Waals surface area (Å²) in [6, 6.07) is 11.2. The van der Waals surface area contributed by atoms with E-state index in [4.69, 9.17) is 5.84 Å². The molecule has 1 atom stereocenters. The Hall–Kier alpha value is -2.40. The van der Waals surface area contributed by atoms with E-state index in [0.717, 1.165) is 5.56 Å². The lowest BCUT2D eigenvalue weighted by atomic mass is 10.1. The molecule has 0 fully saturated rings. The number of hydrogen-bond donors (Lipinski definition) is 3. The number of nitrogen functional groups attached to an aromatic ring is 1. The molecule has 4 N–H and O–H groups in total. The van der Waals surface area contributed by atoms with Crippen LogP contribution in [0.3, 0.4) is 0 Å². The second kappa shape index (κ2) is 6.37. The molecule has 0 saturated heterocycles. The van der Waals surface area contributed by atoms with Crippen molar-refractivity contribution in [3.63, 3.8) is 0 Å². The van der Waals surface area contributed by atoms with E-state index in [0.29, 0.717) is 16.8 Å². The van der Waals surface area contributed by atoms with Crippen LogP contribution in [0.1, 0.15) is 34.5 Å². The van der Waals surface area contributed by atoms with Crippen LogP contribution >= 0.6 is 0 Å². The molecule has 110 valence electrons. The van der Waals surface area contributed by atoms with Crippen LogP contribution in [0.5, 0.6) is 0 Å². The minimum atomic E-state index is -0.326. The molecule has 2 rings (SSSR count). The number of benzene rings is 2. The van der Waals surface area contributed by atoms with Crippen molar-refractivity contribution in [2.24, 2.45) is 5.84 Å². The summed E-state index contributed by atoms with van der Waals surface area (Å²) in [5.41, 5.74) is 5.23. The van der Waals surface area contributed by atoms with Crippen LogP contribution in [-0.2, 0) is 0 Å². The lowest BCUT2D eigenvalue weighted by Gasteiger charge is -2.16. The van der Waals surface area contributed by atoms with Crippen molar-refractivity contribution in [1.29, 1.82) is 0 Å². The molecular formula is C16H18FN3O. The van der Waals surface area contributed by atoms with Gasteiger partial charge in [0.1, 0.15) is 5.82 Å². The first-order chi connectivity index (χ1) is 10.0. The maximum atomic E-state index is 13.2. The van der Waals surface area contributed by atoms with Gasteiger partial charge in [0, 0.05) is 0 Å². The zero-order valence-corrected chi connectivity index (χ0v) is 12.0. The van der Waals surface area contributed by atoms with E-state index in [9.17, 15) is 9.18 Å². The van der Waals surface area contributed by atoms with Gasteiger partial charge in [0.25, 0.3) is 5.91 Å². The van der Waals surface area contributed by atoms with Gasteiger partial charge in [-0.2, -0.15) is 0 Å². The molecule has 2 aromatic carbocycles. The summed E-state index contributed by atoms with van der Waals surface area (Å²) in [7, 11) is 0. The Balaban J connectivity index is 2.18. The summed E-state index contributed by atoms with van der Waals surface area (Å²) in [6.07, 6.45) is 0. The van der Waals surface area contributed by atoms with Crippen LogP contribution in [0.15, 0.2) is 42.5 Å². The number of hydrazine groups is 1. The first-order valence-corrected chi connectivity index (χ1v) is 6.65. The van der Waals surface area contributed by atoms with Crippen LogP contribution in [0.4, 0.5) is 10.1 Å². The van der Waals surface area contributed by atoms with Crippen molar-refractivity contribution in [1.82, 2.24) is 5.32 Å². The SMILES string of the molecule is Cc1ccc(C(=O)NC(C)c2cccc(F)c2)c(NN)c1. The quantitative estimate of drug-likeness (QED) is 0.598. The van der Waals surface area contributed by atoms with Crippen LogP contribution in [0.2, 0.25) is 0 Å². The number of anilines is 1. The predicted octanol–water partition coefficient (Wildman–Crippen LogP) is 2.91. The average molecular weight is 287 g/mol. The van der Waals surface area contributed by atoms with Crippen molar-refractivity contribution >= 4 is 11.6 Å². The van der Waals surface area contributed by atoms with E-state index in [1.54, 1.807) is 31.2 Å². The molecule has 0 aromatic heterocycles. The average Bonchev–Trinajstić information content (AvgIpc) is 2.46. The molecule has 0 aliphatic carbocycles. The Morgan fingerprint density at radius 3 is 2.67 bits per heavy atom. The molecule has 1 unspecified atom stereocenters. The molecule has 0 aliphatic rings. The number of halogens is 1. The number of carbonyl (C=O) groups is 1. The fourth-order valence-electron chi connectivity index (χ4n) is 2.11. The molecule has 0 aliphatic heterocycles. The predicted molar refractivity (Wildman–Crippen MR) is 81.3 cm³/mol. The van der Waals surface area contributed by atoms with Gasteiger partial charge in [-0.15, -0.1) is 0 Å². The van der Waals surface area contributed by atoms with Gasteiger partial charge in [0.15, 0.2) is 0 Å². The van der Waals surface area contributed by atoms with E-state index in [1.807, 2.05) is 13.0 Å². The first kappa shape index (κ1) is 15.0. The summed E-state index contributed by atoms with van der Waals surface area (Å²) >= 11 is 0. The highest BCUT2D eigenvalue weighted by atomic mass is 19.1. The maximum absolute atomic E-state index is 13.2. The van der Waals surface area contributed by atoms with E-state index >= 15 is 0 Å². The van der Waals surface area contributed by atoms with Crippen LogP contribution in [0.25, 0.3) is 0 Å². The highest BCUT2D eigenvalue weighted by Gasteiger charge is 2.15. The summed E-state index contributed by atoms with van der Waals surface area (Å²) < 4.78 is 13.2. The van der Waals surface area contributed by atoms with Crippen LogP contribution in [0, 0.1) is 12.7 Å². The number of aryl methyl sites for hydroxylation is 1. The second-order valence-electron chi connectivity index (χ2n) is 4.94. The summed E-state index contributed by atoms with van der Waals surface area (Å²) in [6.45, 7) is 3.72. The Morgan fingerprint density at radius 2 is 2.00 bits per heavy atom. The van der Waals surface area contributed by atoms with E-state index < -0.39 is 0 Å². The van der Waals surface area contributed by atoms with Gasteiger partial charge in [0.2, 0.25) is 0 Å². The molecule has 0 heterocycles. The van der Waals surface area contributed by atoms with Crippen molar-refractivity contribution in [3.05, 3.63) is 65.0 Å². The lowest BCUT2D eigenvalue weighted by Crippen LogP contribution is -2.28. The van der Waals surface area contributed by atoms with Gasteiger partial charge < -0.3 is 10.7 Å². The molecule has 0 bridgehead atoms. The third kappa shape index (κ3) is 3.58. The molecule has 4 nitrogen and oxygen atoms in total. The number of carbonyl (C=O) groups excluding carboxylic acids is 1. The minimum absolute atomic E-state index is 0.264.